The number of hydrogen-bond donors (Lipinski definition) is 1. The third-order valence-electron chi connectivity index (χ3n) is 4.16. The first-order chi connectivity index (χ1) is 11.6. The second-order valence-corrected chi connectivity index (χ2v) is 6.17. The van der Waals surface area contributed by atoms with Gasteiger partial charge in [-0.2, -0.15) is 0 Å². The van der Waals surface area contributed by atoms with Crippen molar-refractivity contribution >= 4 is 23.0 Å². The van der Waals surface area contributed by atoms with E-state index in [0.29, 0.717) is 23.8 Å². The fourth-order valence-electron chi connectivity index (χ4n) is 2.92. The van der Waals surface area contributed by atoms with E-state index in [1.54, 1.807) is 35.4 Å². The normalized spacial score (nSPS) is 14.5. The number of carbonyl (C=O) groups excluding carboxylic acids is 1. The topological polar surface area (TPSA) is 83.4 Å². The quantitative estimate of drug-likeness (QED) is 0.771. The van der Waals surface area contributed by atoms with Crippen molar-refractivity contribution in [2.24, 2.45) is 0 Å². The number of hydrogen-bond acceptors (Lipinski definition) is 4. The van der Waals surface area contributed by atoms with Gasteiger partial charge in [-0.15, -0.1) is 5.10 Å². The summed E-state index contributed by atoms with van der Waals surface area (Å²) in [6, 6.07) is 7.07. The van der Waals surface area contributed by atoms with E-state index < -0.39 is 5.56 Å². The van der Waals surface area contributed by atoms with E-state index >= 15 is 0 Å². The van der Waals surface area contributed by atoms with Gasteiger partial charge in [-0.25, -0.2) is 4.52 Å². The van der Waals surface area contributed by atoms with Crippen molar-refractivity contribution < 1.29 is 4.79 Å². The van der Waals surface area contributed by atoms with Gasteiger partial charge in [0.1, 0.15) is 0 Å². The number of aromatic nitrogens is 4. The molecular formula is C16H14ClN5O2. The number of likely N-dealkylation sites (tertiary alicyclic amines) is 1. The van der Waals surface area contributed by atoms with Gasteiger partial charge < -0.3 is 9.88 Å². The highest BCUT2D eigenvalue weighted by molar-refractivity contribution is 6.30. The van der Waals surface area contributed by atoms with Crippen LogP contribution in [0.5, 0.6) is 0 Å². The average molecular weight is 344 g/mol. The Labute approximate surface area is 141 Å². The summed E-state index contributed by atoms with van der Waals surface area (Å²) >= 11 is 5.88. The lowest BCUT2D eigenvalue weighted by atomic mass is 10.1. The fourth-order valence-corrected chi connectivity index (χ4v) is 3.05. The summed E-state index contributed by atoms with van der Waals surface area (Å²) in [6.45, 7) is 1.39. The van der Waals surface area contributed by atoms with Crippen LogP contribution in [0.1, 0.15) is 23.3 Å². The molecule has 0 spiro atoms. The van der Waals surface area contributed by atoms with Crippen LogP contribution in [0.15, 0.2) is 35.3 Å². The number of H-pyrrole nitrogens is 1. The zero-order valence-electron chi connectivity index (χ0n) is 12.7. The molecule has 0 atom stereocenters. The number of nitrogens with one attached hydrogen (secondary N) is 1. The molecule has 1 saturated heterocycles. The number of benzene rings is 1. The predicted molar refractivity (Wildman–Crippen MR) is 89.2 cm³/mol. The molecule has 3 aromatic rings. The molecule has 3 heterocycles. The van der Waals surface area contributed by atoms with Gasteiger partial charge in [0.05, 0.1) is 11.9 Å². The number of nitrogens with zero attached hydrogens (tertiary/aromatic N) is 4. The molecule has 2 aromatic heterocycles. The molecule has 8 heteroatoms. The Morgan fingerprint density at radius 2 is 1.88 bits per heavy atom. The van der Waals surface area contributed by atoms with E-state index in [0.717, 1.165) is 18.4 Å². The largest absolute Gasteiger partial charge is 0.337 e. The molecule has 122 valence electrons. The molecule has 1 fully saturated rings. The highest BCUT2D eigenvalue weighted by atomic mass is 35.5. The zero-order valence-corrected chi connectivity index (χ0v) is 13.5. The summed E-state index contributed by atoms with van der Waals surface area (Å²) in [4.78, 5) is 29.5. The Morgan fingerprint density at radius 3 is 2.58 bits per heavy atom. The summed E-state index contributed by atoms with van der Waals surface area (Å²) in [7, 11) is 0. The summed E-state index contributed by atoms with van der Waals surface area (Å²) in [5.74, 6) is -0.243. The second-order valence-electron chi connectivity index (χ2n) is 5.73. The first kappa shape index (κ1) is 14.9. The number of carbonyl (C=O) groups is 1. The van der Waals surface area contributed by atoms with Crippen molar-refractivity contribution in [3.8, 4) is 11.3 Å². The van der Waals surface area contributed by atoms with Gasteiger partial charge in [-0.3, -0.25) is 9.59 Å². The minimum atomic E-state index is -0.394. The number of halogens is 1. The standard InChI is InChI=1S/C16H14ClN5O2/c17-11-5-3-10(4-6-11)12-9-22-14(15(23)18-12)13(19-20-22)16(24)21-7-1-2-8-21/h3-6,9H,1-2,7-8H2,(H,18,23). The Bertz CT molecular complexity index is 970. The lowest BCUT2D eigenvalue weighted by Crippen LogP contribution is -2.29. The van der Waals surface area contributed by atoms with Crippen LogP contribution in [0.3, 0.4) is 0 Å². The Hall–Kier alpha value is -2.67. The summed E-state index contributed by atoms with van der Waals surface area (Å²) in [5.41, 5.74) is 1.25. The van der Waals surface area contributed by atoms with Gasteiger partial charge in [0, 0.05) is 18.1 Å². The van der Waals surface area contributed by atoms with E-state index in [1.807, 2.05) is 0 Å². The van der Waals surface area contributed by atoms with Crippen molar-refractivity contribution in [1.82, 2.24) is 24.7 Å². The van der Waals surface area contributed by atoms with E-state index in [4.69, 9.17) is 11.6 Å². The van der Waals surface area contributed by atoms with E-state index in [9.17, 15) is 9.59 Å². The maximum atomic E-state index is 12.5. The van der Waals surface area contributed by atoms with Gasteiger partial charge in [0.15, 0.2) is 11.2 Å². The monoisotopic (exact) mass is 343 g/mol. The lowest BCUT2D eigenvalue weighted by molar-refractivity contribution is 0.0789. The van der Waals surface area contributed by atoms with Gasteiger partial charge in [-0.1, -0.05) is 28.9 Å². The van der Waals surface area contributed by atoms with Crippen molar-refractivity contribution in [3.63, 3.8) is 0 Å². The van der Waals surface area contributed by atoms with Crippen LogP contribution in [-0.4, -0.2) is 43.7 Å². The van der Waals surface area contributed by atoms with Crippen LogP contribution < -0.4 is 5.56 Å². The second kappa shape index (κ2) is 5.76. The highest BCUT2D eigenvalue weighted by Gasteiger charge is 2.25. The average Bonchev–Trinajstić information content (AvgIpc) is 3.25. The van der Waals surface area contributed by atoms with Crippen LogP contribution in [-0.2, 0) is 0 Å². The molecule has 1 aliphatic rings. The van der Waals surface area contributed by atoms with E-state index in [1.165, 1.54) is 4.52 Å². The summed E-state index contributed by atoms with van der Waals surface area (Å²) in [5, 5.41) is 8.49. The Balaban J connectivity index is 1.79. The predicted octanol–water partition coefficient (Wildman–Crippen LogP) is 1.97. The molecule has 1 amide bonds. The van der Waals surface area contributed by atoms with Crippen LogP contribution >= 0.6 is 11.6 Å². The van der Waals surface area contributed by atoms with Gasteiger partial charge in [-0.05, 0) is 30.5 Å². The molecule has 0 unspecified atom stereocenters. The van der Waals surface area contributed by atoms with E-state index in [2.05, 4.69) is 15.3 Å². The Morgan fingerprint density at radius 1 is 1.17 bits per heavy atom. The number of amides is 1. The number of rotatable bonds is 2. The fraction of sp³-hybridized carbons (Fsp3) is 0.250. The van der Waals surface area contributed by atoms with Crippen molar-refractivity contribution in [3.05, 3.63) is 51.5 Å². The van der Waals surface area contributed by atoms with Crippen LogP contribution in [0, 0.1) is 0 Å². The third kappa shape index (κ3) is 2.46. The molecule has 4 rings (SSSR count). The number of aromatic amines is 1. The molecule has 24 heavy (non-hydrogen) atoms. The molecule has 0 bridgehead atoms. The maximum Gasteiger partial charge on any atom is 0.276 e. The minimum Gasteiger partial charge on any atom is -0.337 e. The lowest BCUT2D eigenvalue weighted by Gasteiger charge is -2.12. The molecule has 1 aliphatic heterocycles. The van der Waals surface area contributed by atoms with Gasteiger partial charge >= 0.3 is 0 Å². The van der Waals surface area contributed by atoms with Crippen molar-refractivity contribution in [2.45, 2.75) is 12.8 Å². The molecule has 0 saturated carbocycles. The number of fused-ring (bicyclic) bond motifs is 1. The van der Waals surface area contributed by atoms with Crippen molar-refractivity contribution in [1.29, 1.82) is 0 Å². The molecular weight excluding hydrogens is 330 g/mol. The molecule has 1 N–H and O–H groups in total. The Kier molecular flexibility index (Phi) is 3.57. The van der Waals surface area contributed by atoms with Crippen LogP contribution in [0.25, 0.3) is 16.8 Å². The van der Waals surface area contributed by atoms with E-state index in [-0.39, 0.29) is 17.1 Å². The molecule has 0 radical (unpaired) electrons. The molecule has 0 aliphatic carbocycles. The van der Waals surface area contributed by atoms with Gasteiger partial charge in [0.2, 0.25) is 0 Å². The van der Waals surface area contributed by atoms with Crippen LogP contribution in [0.2, 0.25) is 5.02 Å². The molecule has 7 nitrogen and oxygen atoms in total. The highest BCUT2D eigenvalue weighted by Crippen LogP contribution is 2.19. The smallest absolute Gasteiger partial charge is 0.276 e. The maximum absolute atomic E-state index is 12.5. The molecule has 1 aromatic carbocycles. The van der Waals surface area contributed by atoms with Gasteiger partial charge in [0.25, 0.3) is 11.5 Å². The minimum absolute atomic E-state index is 0.0980. The van der Waals surface area contributed by atoms with Crippen LogP contribution in [0.4, 0.5) is 0 Å². The van der Waals surface area contributed by atoms with Crippen molar-refractivity contribution in [2.75, 3.05) is 13.1 Å². The SMILES string of the molecule is O=C(c1nnn2cc(-c3ccc(Cl)cc3)[nH]c(=O)c12)N1CCCC1. The third-order valence-corrected chi connectivity index (χ3v) is 4.41. The summed E-state index contributed by atoms with van der Waals surface area (Å²) in [6.07, 6.45) is 3.60. The first-order valence-electron chi connectivity index (χ1n) is 7.67. The zero-order chi connectivity index (χ0) is 16.7. The summed E-state index contributed by atoms with van der Waals surface area (Å²) < 4.78 is 1.35. The first-order valence-corrected chi connectivity index (χ1v) is 8.05.